The quantitative estimate of drug-likeness (QED) is 0.156. The van der Waals surface area contributed by atoms with Crippen LogP contribution in [0.4, 0.5) is 34.1 Å². The van der Waals surface area contributed by atoms with Crippen molar-refractivity contribution in [3.63, 3.8) is 0 Å². The minimum Gasteiger partial charge on any atom is -0.454 e. The third kappa shape index (κ3) is 9.82. The number of furan rings is 2. The van der Waals surface area contributed by atoms with Gasteiger partial charge in [0, 0.05) is 88.3 Å². The maximum Gasteiger partial charge on any atom is 0.252 e. The summed E-state index contributed by atoms with van der Waals surface area (Å²) in [4.78, 5) is 3.00. The number of nitrogens with zero attached hydrogens (tertiary/aromatic N) is 4. The molecule has 105 heavy (non-hydrogen) atoms. The highest BCUT2D eigenvalue weighted by atomic mass is 16.3. The lowest BCUT2D eigenvalue weighted by Crippen LogP contribution is -2.61. The van der Waals surface area contributed by atoms with Crippen LogP contribution in [0.25, 0.3) is 121 Å². The highest BCUT2D eigenvalue weighted by molar-refractivity contribution is 7.00. The van der Waals surface area contributed by atoms with Gasteiger partial charge in [-0.25, -0.2) is 0 Å². The monoisotopic (exact) mass is 1390 g/mol. The minimum atomic E-state index is -1.99. The summed E-state index contributed by atoms with van der Waals surface area (Å²) in [6.45, 7) is 25.4. The summed E-state index contributed by atoms with van der Waals surface area (Å²) in [5, 5.41) is -1.82. The number of para-hydroxylation sites is 4. The van der Waals surface area contributed by atoms with Crippen molar-refractivity contribution in [2.45, 2.75) is 131 Å². The molecule has 0 spiro atoms. The van der Waals surface area contributed by atoms with Gasteiger partial charge in [-0.15, -0.1) is 0 Å². The van der Waals surface area contributed by atoms with Crippen molar-refractivity contribution in [3.8, 4) is 33.6 Å². The second-order valence-electron chi connectivity index (χ2n) is 32.5. The Bertz CT molecular complexity index is 7760. The van der Waals surface area contributed by atoms with E-state index in [1.165, 1.54) is 9.80 Å². The number of rotatable bonds is 6. The van der Waals surface area contributed by atoms with Gasteiger partial charge in [-0.3, -0.25) is 0 Å². The molecule has 6 heterocycles. The summed E-state index contributed by atoms with van der Waals surface area (Å²) in [5.41, 5.74) is -11.4. The Balaban J connectivity index is 1.15. The van der Waals surface area contributed by atoms with Crippen LogP contribution in [0.15, 0.2) is 263 Å². The van der Waals surface area contributed by atoms with E-state index in [1.807, 2.05) is 62.3 Å². The highest BCUT2D eigenvalue weighted by Crippen LogP contribution is 2.57. The van der Waals surface area contributed by atoms with Crippen LogP contribution in [0.1, 0.15) is 173 Å². The van der Waals surface area contributed by atoms with Gasteiger partial charge in [0.1, 0.15) is 11.2 Å². The number of benzene rings is 13. The van der Waals surface area contributed by atoms with Gasteiger partial charge in [0.05, 0.1) is 74.6 Å². The average molecular weight is 1390 g/mol. The van der Waals surface area contributed by atoms with Gasteiger partial charge < -0.3 is 27.8 Å². The molecule has 2 aliphatic rings. The molecule has 0 atom stereocenters. The largest absolute Gasteiger partial charge is 0.454 e. The number of hydrogen-bond acceptors (Lipinski definition) is 4. The second kappa shape index (κ2) is 22.6. The van der Waals surface area contributed by atoms with Crippen molar-refractivity contribution in [2.75, 3.05) is 9.80 Å². The summed E-state index contributed by atoms with van der Waals surface area (Å²) in [6, 6.07) is -1.22. The van der Waals surface area contributed by atoms with E-state index < -0.39 is 256 Å². The molecule has 0 N–H and O–H groups in total. The number of hydrogen-bond donors (Lipinski definition) is 0. The predicted octanol–water partition coefficient (Wildman–Crippen LogP) is 25.6. The summed E-state index contributed by atoms with van der Waals surface area (Å²) in [6.07, 6.45) is 0. The van der Waals surface area contributed by atoms with E-state index in [1.54, 1.807) is 114 Å². The molecule has 0 amide bonds. The Hall–Kier alpha value is -11.3. The molecule has 0 aliphatic carbocycles. The zero-order valence-electron chi connectivity index (χ0n) is 90.6. The fourth-order valence-electron chi connectivity index (χ4n) is 15.2. The third-order valence-electron chi connectivity index (χ3n) is 20.3. The molecule has 0 radical (unpaired) electrons. The molecule has 2 aliphatic heterocycles. The SMILES string of the molecule is [2H]c1c([2H])c(-n2c3c([2H])c([2H])c([2H])c([2H])c3c3c([2H])c([2H])c([2H])c([2H])c32)c([2H])c2c1B1c3c(cc(C(C)(C)C)cc3N(c3c(-c4ccccc4)c([2H])c(C(C)(C)C)c4c3oc3c([2H])c([2H])c(C(C)(C)C)c([2H])c34)c3c([2H])c(-n4c5c([2H])c([2H])c([2H])c([2H])c5c5c([2H])c([2H])c([2H])c([2H])c54)c([2H])c([2H])c31)N2c1c(-c2ccccc2)c([2H])c(C(C)(C)C)c2c1oc1c([2H])c([2H])c(C(C)(C)C)c([2H])c12. The number of aromatic nitrogens is 2. The van der Waals surface area contributed by atoms with Crippen LogP contribution in [0.5, 0.6) is 0 Å². The van der Waals surface area contributed by atoms with E-state index in [4.69, 9.17) is 14.3 Å². The Morgan fingerprint density at radius 3 is 1.03 bits per heavy atom. The summed E-state index contributed by atoms with van der Waals surface area (Å²) in [7, 11) is 0. The standard InChI is InChI=1S/C98H87BN4O2/c1-94(2,3)60-42-48-85-71(50-60)87-73(97(10,11)12)56-69(58-30-18-16-19-31-58)90(92(87)104-85)102-81-54-63(100-77-38-26-22-34-65(77)66-35-23-27-39-78(66)100)44-46-75(81)99-76-47-45-64(101-79-40-28-24-36-67(79)68-37-25-29-41-80(68)101)55-82(76)103(84-53-62(96(7,8)9)52-83(102)89(84)99)91-70(59-32-20-17-21-33-59)57-74(98(13,14)15)88-72-51-61(95(4,5)6)43-49-86(72)105-93(88)91/h16-57H,1-15H3/i22D,23D,24D,25D,26D,27D,28D,29D,34D,35D,36D,37D,38D,39D,40D,41D,42D,43D,44D,45D,46D,47D,48D,49D,50D,51D,54D,55D,56D,57D. The lowest BCUT2D eigenvalue weighted by atomic mass is 9.33. The fraction of sp³-hybridized carbons (Fsp3) is 0.204. The Morgan fingerprint density at radius 1 is 0.333 bits per heavy atom. The van der Waals surface area contributed by atoms with E-state index in [0.29, 0.717) is 5.56 Å². The zero-order chi connectivity index (χ0) is 98.4. The molecule has 13 aromatic carbocycles. The highest BCUT2D eigenvalue weighted by Gasteiger charge is 2.47. The molecule has 0 fully saturated rings. The van der Waals surface area contributed by atoms with E-state index in [2.05, 4.69) is 0 Å². The van der Waals surface area contributed by atoms with Crippen LogP contribution in [-0.2, 0) is 27.1 Å². The van der Waals surface area contributed by atoms with Crippen molar-refractivity contribution in [1.29, 1.82) is 0 Å². The third-order valence-corrected chi connectivity index (χ3v) is 20.3. The van der Waals surface area contributed by atoms with Gasteiger partial charge >= 0.3 is 0 Å². The van der Waals surface area contributed by atoms with Crippen LogP contribution >= 0.6 is 0 Å². The smallest absolute Gasteiger partial charge is 0.252 e. The van der Waals surface area contributed by atoms with Crippen LogP contribution < -0.4 is 26.2 Å². The molecule has 514 valence electrons. The maximum absolute atomic E-state index is 11.9. The average Bonchev–Trinajstić information content (AvgIpc) is 1.62. The lowest BCUT2D eigenvalue weighted by Gasteiger charge is -2.46. The van der Waals surface area contributed by atoms with Crippen molar-refractivity contribution in [1.82, 2.24) is 9.13 Å². The van der Waals surface area contributed by atoms with E-state index in [-0.39, 0.29) is 153 Å². The predicted molar refractivity (Wildman–Crippen MR) is 448 cm³/mol. The minimum absolute atomic E-state index is 0.00947. The molecule has 19 rings (SSSR count). The van der Waals surface area contributed by atoms with Gasteiger partial charge in [-0.1, -0.05) is 261 Å². The van der Waals surface area contributed by atoms with Crippen LogP contribution in [0.3, 0.4) is 0 Å². The second-order valence-corrected chi connectivity index (χ2v) is 32.5. The van der Waals surface area contributed by atoms with E-state index >= 15 is 0 Å². The molecule has 4 aromatic heterocycles. The van der Waals surface area contributed by atoms with Crippen molar-refractivity contribution in [3.05, 3.63) is 282 Å². The topological polar surface area (TPSA) is 42.6 Å². The van der Waals surface area contributed by atoms with Crippen LogP contribution in [-0.4, -0.2) is 15.8 Å². The molecule has 7 heteroatoms. The Labute approximate surface area is 658 Å². The molecule has 0 saturated carbocycles. The maximum atomic E-state index is 11.9. The molecule has 6 nitrogen and oxygen atoms in total. The molecule has 17 aromatic rings. The normalized spacial score (nSPS) is 17.6. The zero-order valence-corrected chi connectivity index (χ0v) is 60.6. The molecule has 0 saturated heterocycles. The van der Waals surface area contributed by atoms with Gasteiger partial charge in [0.2, 0.25) is 0 Å². The van der Waals surface area contributed by atoms with Gasteiger partial charge in [0.25, 0.3) is 6.71 Å². The van der Waals surface area contributed by atoms with Crippen molar-refractivity contribution < 1.29 is 50.0 Å². The first-order chi connectivity index (χ1) is 62.8. The van der Waals surface area contributed by atoms with Crippen molar-refractivity contribution in [2.24, 2.45) is 0 Å². The Morgan fingerprint density at radius 2 is 0.686 bits per heavy atom. The summed E-state index contributed by atoms with van der Waals surface area (Å²) >= 11 is 0. The number of anilines is 6. The first-order valence-corrected chi connectivity index (χ1v) is 35.1. The Kier molecular flexibility index (Phi) is 8.64. The summed E-state index contributed by atoms with van der Waals surface area (Å²) in [5.74, 6) is 0. The first kappa shape index (κ1) is 40.1. The molecular formula is C98H87BN4O2. The summed E-state index contributed by atoms with van der Waals surface area (Å²) < 4.78 is 323. The van der Waals surface area contributed by atoms with Gasteiger partial charge in [-0.2, -0.15) is 0 Å². The first-order valence-electron chi connectivity index (χ1n) is 50.1. The molecular weight excluding hydrogens is 1280 g/mol. The fourth-order valence-corrected chi connectivity index (χ4v) is 15.2. The van der Waals surface area contributed by atoms with Gasteiger partial charge in [-0.05, 0) is 179 Å². The van der Waals surface area contributed by atoms with Crippen LogP contribution in [0, 0.1) is 0 Å². The number of fused-ring (bicyclic) bond motifs is 16. The molecule has 0 bridgehead atoms. The van der Waals surface area contributed by atoms with Crippen LogP contribution in [0.2, 0.25) is 0 Å². The van der Waals surface area contributed by atoms with E-state index in [0.717, 1.165) is 9.13 Å². The van der Waals surface area contributed by atoms with Gasteiger partial charge in [0.15, 0.2) is 11.2 Å². The lowest BCUT2D eigenvalue weighted by molar-refractivity contribution is 0.590. The van der Waals surface area contributed by atoms with E-state index in [9.17, 15) is 35.6 Å². The molecule has 0 unspecified atom stereocenters. The van der Waals surface area contributed by atoms with Crippen molar-refractivity contribution >= 4 is 145 Å².